The molecule has 1 atom stereocenters. The van der Waals surface area contributed by atoms with Crippen molar-refractivity contribution in [3.05, 3.63) is 30.6 Å². The van der Waals surface area contributed by atoms with Crippen LogP contribution in [0.25, 0.3) is 11.0 Å². The van der Waals surface area contributed by atoms with Crippen molar-refractivity contribution in [1.82, 2.24) is 20.2 Å². The van der Waals surface area contributed by atoms with Gasteiger partial charge in [-0.15, -0.1) is 24.0 Å². The Balaban J connectivity index is 0.00000280. The fourth-order valence-corrected chi connectivity index (χ4v) is 3.21. The van der Waals surface area contributed by atoms with Crippen LogP contribution in [0, 0.1) is 5.92 Å². The third kappa shape index (κ3) is 7.21. The van der Waals surface area contributed by atoms with Crippen molar-refractivity contribution >= 4 is 41.0 Å². The summed E-state index contributed by atoms with van der Waals surface area (Å²) in [6, 6.07) is 8.22. The first kappa shape index (κ1) is 22.9. The van der Waals surface area contributed by atoms with Gasteiger partial charge in [-0.3, -0.25) is 4.99 Å². The summed E-state index contributed by atoms with van der Waals surface area (Å²) in [6.07, 6.45) is 5.02. The first-order valence-corrected chi connectivity index (χ1v) is 9.86. The maximum Gasteiger partial charge on any atom is 0.190 e. The smallest absolute Gasteiger partial charge is 0.190 e. The number of aryl methyl sites for hydroxylation is 1. The van der Waals surface area contributed by atoms with E-state index in [1.54, 1.807) is 7.05 Å². The molecule has 1 aromatic heterocycles. The zero-order valence-electron chi connectivity index (χ0n) is 16.6. The summed E-state index contributed by atoms with van der Waals surface area (Å²) in [6.45, 7) is 5.98. The average molecular weight is 501 g/mol. The molecule has 1 unspecified atom stereocenters. The lowest BCUT2D eigenvalue weighted by molar-refractivity contribution is 0.0888. The molecule has 0 bridgehead atoms. The zero-order valence-corrected chi connectivity index (χ0v) is 18.9. The van der Waals surface area contributed by atoms with Crippen molar-refractivity contribution in [2.24, 2.45) is 10.9 Å². The standard InChI is InChI=1S/C20H31N5O2.HI/c1-21-20(23-10-5-12-26-14-17-8-13-27-15-17)22-9-4-11-25-16-24-18-6-2-3-7-19(18)25;/h2-3,6-7,16-17H,4-5,8-15H2,1H3,(H2,21,22,23);1H. The molecule has 2 heterocycles. The van der Waals surface area contributed by atoms with Gasteiger partial charge in [0, 0.05) is 45.8 Å². The van der Waals surface area contributed by atoms with E-state index in [0.717, 1.165) is 76.8 Å². The van der Waals surface area contributed by atoms with Crippen LogP contribution in [0.3, 0.4) is 0 Å². The van der Waals surface area contributed by atoms with Crippen LogP contribution < -0.4 is 10.6 Å². The maximum atomic E-state index is 5.72. The molecule has 0 spiro atoms. The Morgan fingerprint density at radius 1 is 1.29 bits per heavy atom. The molecular formula is C20H32IN5O2. The van der Waals surface area contributed by atoms with E-state index in [-0.39, 0.29) is 24.0 Å². The molecule has 28 heavy (non-hydrogen) atoms. The third-order valence-electron chi connectivity index (χ3n) is 4.75. The van der Waals surface area contributed by atoms with Crippen molar-refractivity contribution in [2.45, 2.75) is 25.8 Å². The first-order chi connectivity index (χ1) is 13.4. The summed E-state index contributed by atoms with van der Waals surface area (Å²) in [7, 11) is 1.80. The van der Waals surface area contributed by atoms with Gasteiger partial charge in [0.1, 0.15) is 0 Å². The van der Waals surface area contributed by atoms with E-state index in [9.17, 15) is 0 Å². The summed E-state index contributed by atoms with van der Waals surface area (Å²) < 4.78 is 13.3. The molecule has 7 nitrogen and oxygen atoms in total. The minimum atomic E-state index is 0. The van der Waals surface area contributed by atoms with Crippen LogP contribution in [-0.2, 0) is 16.0 Å². The number of imidazole rings is 1. The lowest BCUT2D eigenvalue weighted by Crippen LogP contribution is -2.38. The molecule has 8 heteroatoms. The highest BCUT2D eigenvalue weighted by Gasteiger charge is 2.15. The molecule has 2 N–H and O–H groups in total. The highest BCUT2D eigenvalue weighted by molar-refractivity contribution is 14.0. The van der Waals surface area contributed by atoms with Gasteiger partial charge in [-0.1, -0.05) is 12.1 Å². The number of benzene rings is 1. The number of aromatic nitrogens is 2. The predicted molar refractivity (Wildman–Crippen MR) is 123 cm³/mol. The molecule has 2 aromatic rings. The number of guanidine groups is 1. The lowest BCUT2D eigenvalue weighted by Gasteiger charge is -2.13. The zero-order chi connectivity index (χ0) is 18.7. The molecule has 1 aliphatic rings. The van der Waals surface area contributed by atoms with Gasteiger partial charge >= 0.3 is 0 Å². The number of aliphatic imine (C=N–C) groups is 1. The minimum Gasteiger partial charge on any atom is -0.381 e. The lowest BCUT2D eigenvalue weighted by atomic mass is 10.1. The van der Waals surface area contributed by atoms with Crippen molar-refractivity contribution in [2.75, 3.05) is 46.6 Å². The Kier molecular flexibility index (Phi) is 10.6. The van der Waals surface area contributed by atoms with E-state index in [4.69, 9.17) is 9.47 Å². The molecule has 1 fully saturated rings. The summed E-state index contributed by atoms with van der Waals surface area (Å²) in [5, 5.41) is 6.70. The molecule has 1 aliphatic heterocycles. The van der Waals surface area contributed by atoms with Crippen LogP contribution in [0.15, 0.2) is 35.6 Å². The van der Waals surface area contributed by atoms with Gasteiger partial charge < -0.3 is 24.7 Å². The molecule has 1 saturated heterocycles. The Bertz CT molecular complexity index is 715. The van der Waals surface area contributed by atoms with Gasteiger partial charge in [-0.2, -0.15) is 0 Å². The normalized spacial score (nSPS) is 16.9. The third-order valence-corrected chi connectivity index (χ3v) is 4.75. The van der Waals surface area contributed by atoms with Gasteiger partial charge in [0.05, 0.1) is 30.6 Å². The molecule has 0 radical (unpaired) electrons. The number of nitrogens with one attached hydrogen (secondary N) is 2. The summed E-state index contributed by atoms with van der Waals surface area (Å²) in [4.78, 5) is 8.70. The average Bonchev–Trinajstić information content (AvgIpc) is 3.36. The van der Waals surface area contributed by atoms with Gasteiger partial charge in [0.15, 0.2) is 5.96 Å². The van der Waals surface area contributed by atoms with Crippen molar-refractivity contribution in [3.8, 4) is 0 Å². The van der Waals surface area contributed by atoms with E-state index in [1.165, 1.54) is 5.52 Å². The molecular weight excluding hydrogens is 469 g/mol. The summed E-state index contributed by atoms with van der Waals surface area (Å²) in [5.74, 6) is 1.43. The van der Waals surface area contributed by atoms with E-state index in [0.29, 0.717) is 5.92 Å². The van der Waals surface area contributed by atoms with Crippen LogP contribution >= 0.6 is 24.0 Å². The number of halogens is 1. The number of hydrogen-bond acceptors (Lipinski definition) is 4. The fraction of sp³-hybridized carbons (Fsp3) is 0.600. The van der Waals surface area contributed by atoms with Crippen molar-refractivity contribution < 1.29 is 9.47 Å². The number of hydrogen-bond donors (Lipinski definition) is 2. The molecule has 0 amide bonds. The number of para-hydroxylation sites is 2. The minimum absolute atomic E-state index is 0. The Labute approximate surface area is 184 Å². The molecule has 3 rings (SSSR count). The second-order valence-corrected chi connectivity index (χ2v) is 6.86. The second-order valence-electron chi connectivity index (χ2n) is 6.86. The molecule has 156 valence electrons. The monoisotopic (exact) mass is 501 g/mol. The Morgan fingerprint density at radius 2 is 2.11 bits per heavy atom. The second kappa shape index (κ2) is 12.9. The van der Waals surface area contributed by atoms with Crippen LogP contribution in [0.1, 0.15) is 19.3 Å². The van der Waals surface area contributed by atoms with E-state index in [2.05, 4.69) is 37.3 Å². The molecule has 1 aromatic carbocycles. The van der Waals surface area contributed by atoms with Crippen LogP contribution in [0.5, 0.6) is 0 Å². The van der Waals surface area contributed by atoms with Gasteiger partial charge in [0.25, 0.3) is 0 Å². The molecule has 0 aliphatic carbocycles. The highest BCUT2D eigenvalue weighted by Crippen LogP contribution is 2.12. The SMILES string of the molecule is CN=C(NCCCOCC1CCOC1)NCCCn1cnc2ccccc21.I. The quantitative estimate of drug-likeness (QED) is 0.227. The van der Waals surface area contributed by atoms with Crippen LogP contribution in [-0.4, -0.2) is 62.1 Å². The Morgan fingerprint density at radius 3 is 2.89 bits per heavy atom. The predicted octanol–water partition coefficient (Wildman–Crippen LogP) is 2.65. The first-order valence-electron chi connectivity index (χ1n) is 9.86. The number of ether oxygens (including phenoxy) is 2. The van der Waals surface area contributed by atoms with E-state index in [1.807, 2.05) is 18.5 Å². The van der Waals surface area contributed by atoms with Gasteiger partial charge in [0.2, 0.25) is 0 Å². The van der Waals surface area contributed by atoms with Crippen molar-refractivity contribution in [1.29, 1.82) is 0 Å². The number of rotatable bonds is 10. The van der Waals surface area contributed by atoms with Crippen molar-refractivity contribution in [3.63, 3.8) is 0 Å². The summed E-state index contributed by atoms with van der Waals surface area (Å²) in [5.41, 5.74) is 2.23. The maximum absolute atomic E-state index is 5.72. The van der Waals surface area contributed by atoms with Crippen LogP contribution in [0.2, 0.25) is 0 Å². The number of nitrogens with zero attached hydrogens (tertiary/aromatic N) is 3. The van der Waals surface area contributed by atoms with Gasteiger partial charge in [-0.25, -0.2) is 4.98 Å². The topological polar surface area (TPSA) is 72.7 Å². The summed E-state index contributed by atoms with van der Waals surface area (Å²) >= 11 is 0. The molecule has 0 saturated carbocycles. The Hall–Kier alpha value is -1.39. The largest absolute Gasteiger partial charge is 0.381 e. The van der Waals surface area contributed by atoms with Crippen LogP contribution in [0.4, 0.5) is 0 Å². The fourth-order valence-electron chi connectivity index (χ4n) is 3.21. The van der Waals surface area contributed by atoms with Gasteiger partial charge in [-0.05, 0) is 31.4 Å². The van der Waals surface area contributed by atoms with E-state index >= 15 is 0 Å². The van der Waals surface area contributed by atoms with E-state index < -0.39 is 0 Å². The highest BCUT2D eigenvalue weighted by atomic mass is 127. The number of fused-ring (bicyclic) bond motifs is 1.